The molecule has 8 nitrogen and oxygen atoms in total. The average Bonchev–Trinajstić information content (AvgIpc) is 3.00. The van der Waals surface area contributed by atoms with Crippen LogP contribution in [0.25, 0.3) is 0 Å². The number of rotatable bonds is 27. The number of esters is 3. The largest absolute Gasteiger partial charge is 0.466 e. The lowest BCUT2D eigenvalue weighted by molar-refractivity contribution is -0.154. The summed E-state index contributed by atoms with van der Waals surface area (Å²) >= 11 is 0. The Labute approximate surface area is 260 Å². The van der Waals surface area contributed by atoms with E-state index in [1.807, 2.05) is 44.2 Å². The zero-order chi connectivity index (χ0) is 31.4. The molecule has 8 heteroatoms. The van der Waals surface area contributed by atoms with Crippen LogP contribution < -0.4 is 5.32 Å². The summed E-state index contributed by atoms with van der Waals surface area (Å²) in [5.41, 5.74) is 1.02. The first-order valence-corrected chi connectivity index (χ1v) is 16.8. The standard InChI is InChI=1S/C35H57NO7/c1-3-5-26-41-34(39)28-31(35(40)42-27-6-4-2)36-32(37)24-20-15-13-11-9-7-8-10-12-14-16-21-25-33(38)43-29-30-22-18-17-19-23-30/h17-19,22-23,31H,3-16,20-21,24-29H2,1-2H3,(H,36,37)/t31-/m0/s1. The molecule has 1 atom stereocenters. The van der Waals surface area contributed by atoms with Gasteiger partial charge in [-0.1, -0.05) is 121 Å². The molecule has 0 aliphatic heterocycles. The quantitative estimate of drug-likeness (QED) is 0.0622. The van der Waals surface area contributed by atoms with Gasteiger partial charge in [-0.05, 0) is 31.2 Å². The van der Waals surface area contributed by atoms with Crippen molar-refractivity contribution in [1.29, 1.82) is 0 Å². The van der Waals surface area contributed by atoms with E-state index in [9.17, 15) is 19.2 Å². The highest BCUT2D eigenvalue weighted by Crippen LogP contribution is 2.14. The molecule has 0 spiro atoms. The van der Waals surface area contributed by atoms with Crippen LogP contribution in [0.1, 0.15) is 141 Å². The summed E-state index contributed by atoms with van der Waals surface area (Å²) in [6.45, 7) is 4.95. The van der Waals surface area contributed by atoms with Gasteiger partial charge in [0.25, 0.3) is 0 Å². The highest BCUT2D eigenvalue weighted by molar-refractivity contribution is 5.88. The van der Waals surface area contributed by atoms with Crippen molar-refractivity contribution >= 4 is 23.8 Å². The minimum atomic E-state index is -1.00. The summed E-state index contributed by atoms with van der Waals surface area (Å²) in [5, 5.41) is 2.69. The molecule has 0 heterocycles. The molecule has 1 aromatic rings. The van der Waals surface area contributed by atoms with Crippen LogP contribution in [-0.2, 0) is 40.0 Å². The molecule has 0 fully saturated rings. The third-order valence-electron chi connectivity index (χ3n) is 7.27. The number of carbonyl (C=O) groups excluding carboxylic acids is 4. The van der Waals surface area contributed by atoms with Crippen LogP contribution >= 0.6 is 0 Å². The minimum absolute atomic E-state index is 0.115. The third kappa shape index (κ3) is 22.3. The van der Waals surface area contributed by atoms with Gasteiger partial charge in [-0.15, -0.1) is 0 Å². The third-order valence-corrected chi connectivity index (χ3v) is 7.27. The Morgan fingerprint density at radius 3 is 1.67 bits per heavy atom. The second kappa shape index (κ2) is 26.7. The van der Waals surface area contributed by atoms with Crippen LogP contribution in [0.2, 0.25) is 0 Å². The molecule has 0 unspecified atom stereocenters. The lowest BCUT2D eigenvalue weighted by Gasteiger charge is -2.17. The zero-order valence-electron chi connectivity index (χ0n) is 26.9. The maximum atomic E-state index is 12.5. The van der Waals surface area contributed by atoms with Crippen molar-refractivity contribution in [3.63, 3.8) is 0 Å². The molecule has 1 rings (SSSR count). The predicted octanol–water partition coefficient (Wildman–Crippen LogP) is 7.75. The van der Waals surface area contributed by atoms with Crippen molar-refractivity contribution in [2.75, 3.05) is 13.2 Å². The topological polar surface area (TPSA) is 108 Å². The molecule has 0 saturated carbocycles. The minimum Gasteiger partial charge on any atom is -0.466 e. The smallest absolute Gasteiger partial charge is 0.329 e. The molecule has 0 aliphatic rings. The summed E-state index contributed by atoms with van der Waals surface area (Å²) < 4.78 is 15.7. The van der Waals surface area contributed by atoms with E-state index in [2.05, 4.69) is 5.32 Å². The zero-order valence-corrected chi connectivity index (χ0v) is 26.9. The normalized spacial score (nSPS) is 11.5. The molecule has 0 aromatic heterocycles. The van der Waals surface area contributed by atoms with Gasteiger partial charge in [-0.25, -0.2) is 4.79 Å². The number of carbonyl (C=O) groups is 4. The van der Waals surface area contributed by atoms with Crippen molar-refractivity contribution in [2.24, 2.45) is 0 Å². The van der Waals surface area contributed by atoms with Gasteiger partial charge in [0.1, 0.15) is 12.6 Å². The summed E-state index contributed by atoms with van der Waals surface area (Å²) in [7, 11) is 0. The van der Waals surface area contributed by atoms with Crippen LogP contribution in [0.4, 0.5) is 0 Å². The van der Waals surface area contributed by atoms with Crippen LogP contribution in [-0.4, -0.2) is 43.1 Å². The van der Waals surface area contributed by atoms with E-state index in [0.717, 1.165) is 76.2 Å². The molecule has 0 radical (unpaired) electrons. The Bertz CT molecular complexity index is 874. The van der Waals surface area contributed by atoms with E-state index in [0.29, 0.717) is 26.1 Å². The number of ether oxygens (including phenoxy) is 3. The first-order chi connectivity index (χ1) is 21.0. The van der Waals surface area contributed by atoms with Gasteiger partial charge in [-0.2, -0.15) is 0 Å². The maximum absolute atomic E-state index is 12.5. The number of benzene rings is 1. The average molecular weight is 604 g/mol. The van der Waals surface area contributed by atoms with E-state index >= 15 is 0 Å². The molecule has 1 amide bonds. The van der Waals surface area contributed by atoms with E-state index < -0.39 is 18.0 Å². The van der Waals surface area contributed by atoms with Crippen molar-refractivity contribution in [3.8, 4) is 0 Å². The summed E-state index contributed by atoms with van der Waals surface area (Å²) in [5.74, 6) is -1.42. The molecule has 1 aromatic carbocycles. The van der Waals surface area contributed by atoms with Crippen LogP contribution in [0.3, 0.4) is 0 Å². The van der Waals surface area contributed by atoms with Crippen molar-refractivity contribution in [2.45, 2.75) is 148 Å². The van der Waals surface area contributed by atoms with Crippen molar-refractivity contribution in [3.05, 3.63) is 35.9 Å². The number of unbranched alkanes of at least 4 members (excludes halogenated alkanes) is 13. The number of nitrogens with one attached hydrogen (secondary N) is 1. The molecular weight excluding hydrogens is 546 g/mol. The van der Waals surface area contributed by atoms with Crippen LogP contribution in [0.15, 0.2) is 30.3 Å². The molecule has 1 N–H and O–H groups in total. The monoisotopic (exact) mass is 603 g/mol. The number of amides is 1. The Balaban J connectivity index is 2.03. The fourth-order valence-electron chi connectivity index (χ4n) is 4.57. The molecule has 0 aliphatic carbocycles. The first kappa shape index (κ1) is 38.1. The molecule has 244 valence electrons. The van der Waals surface area contributed by atoms with E-state index in [1.165, 1.54) is 32.1 Å². The highest BCUT2D eigenvalue weighted by atomic mass is 16.5. The lowest BCUT2D eigenvalue weighted by atomic mass is 10.0. The molecule has 0 saturated heterocycles. The SMILES string of the molecule is CCCCOC(=O)C[C@H](NC(=O)CCCCCCCCCCCCCCC(=O)OCc1ccccc1)C(=O)OCCCC. The molecule has 0 bridgehead atoms. The second-order valence-corrected chi connectivity index (χ2v) is 11.3. The molecule has 43 heavy (non-hydrogen) atoms. The Morgan fingerprint density at radius 2 is 1.12 bits per heavy atom. The van der Waals surface area contributed by atoms with Crippen molar-refractivity contribution in [1.82, 2.24) is 5.32 Å². The predicted molar refractivity (Wildman–Crippen MR) is 169 cm³/mol. The van der Waals surface area contributed by atoms with Crippen LogP contribution in [0.5, 0.6) is 0 Å². The van der Waals surface area contributed by atoms with Gasteiger partial charge in [0.2, 0.25) is 5.91 Å². The fourth-order valence-corrected chi connectivity index (χ4v) is 4.57. The summed E-state index contributed by atoms with van der Waals surface area (Å²) in [6, 6.07) is 8.76. The summed E-state index contributed by atoms with van der Waals surface area (Å²) in [6.07, 6.45) is 17.1. The van der Waals surface area contributed by atoms with E-state index in [4.69, 9.17) is 14.2 Å². The van der Waals surface area contributed by atoms with Gasteiger partial charge in [0.15, 0.2) is 0 Å². The lowest BCUT2D eigenvalue weighted by Crippen LogP contribution is -2.43. The fraction of sp³-hybridized carbons (Fsp3) is 0.714. The van der Waals surface area contributed by atoms with Gasteiger partial charge < -0.3 is 19.5 Å². The van der Waals surface area contributed by atoms with Crippen LogP contribution in [0, 0.1) is 0 Å². The maximum Gasteiger partial charge on any atom is 0.329 e. The second-order valence-electron chi connectivity index (χ2n) is 11.3. The van der Waals surface area contributed by atoms with Gasteiger partial charge in [0.05, 0.1) is 19.6 Å². The Kier molecular flexibility index (Phi) is 23.7. The first-order valence-electron chi connectivity index (χ1n) is 16.8. The highest BCUT2D eigenvalue weighted by Gasteiger charge is 2.26. The van der Waals surface area contributed by atoms with Crippen molar-refractivity contribution < 1.29 is 33.4 Å². The van der Waals surface area contributed by atoms with E-state index in [-0.39, 0.29) is 24.9 Å². The molecular formula is C35H57NO7. The van der Waals surface area contributed by atoms with E-state index in [1.54, 1.807) is 0 Å². The summed E-state index contributed by atoms with van der Waals surface area (Å²) in [4.78, 5) is 48.9. The van der Waals surface area contributed by atoms with Gasteiger partial charge in [0, 0.05) is 12.8 Å². The number of hydrogen-bond donors (Lipinski definition) is 1. The number of hydrogen-bond acceptors (Lipinski definition) is 7. The Morgan fingerprint density at radius 1 is 0.605 bits per heavy atom. The Hall–Kier alpha value is -2.90. The van der Waals surface area contributed by atoms with Gasteiger partial charge >= 0.3 is 17.9 Å². The van der Waals surface area contributed by atoms with Gasteiger partial charge in [-0.3, -0.25) is 14.4 Å².